The lowest BCUT2D eigenvalue weighted by atomic mass is 10.1. The summed E-state index contributed by atoms with van der Waals surface area (Å²) in [6, 6.07) is 6.41. The van der Waals surface area contributed by atoms with Gasteiger partial charge in [-0.05, 0) is 38.0 Å². The predicted octanol–water partition coefficient (Wildman–Crippen LogP) is 1.96. The zero-order chi connectivity index (χ0) is 13.8. The Labute approximate surface area is 127 Å². The van der Waals surface area contributed by atoms with Crippen molar-refractivity contribution >= 4 is 24.0 Å². The van der Waals surface area contributed by atoms with Crippen LogP contribution in [0.25, 0.3) is 0 Å². The van der Waals surface area contributed by atoms with Crippen LogP contribution in [0.1, 0.15) is 18.1 Å². The molecule has 0 spiro atoms. The number of hydrogen-bond donors (Lipinski definition) is 2. The van der Waals surface area contributed by atoms with Gasteiger partial charge in [-0.25, -0.2) is 0 Å². The van der Waals surface area contributed by atoms with Crippen molar-refractivity contribution in [2.45, 2.75) is 26.8 Å². The number of benzene rings is 1. The molecule has 1 heterocycles. The zero-order valence-electron chi connectivity index (χ0n) is 12.4. The van der Waals surface area contributed by atoms with Gasteiger partial charge in [0.2, 0.25) is 5.91 Å². The Morgan fingerprint density at radius 2 is 2.20 bits per heavy atom. The first kappa shape index (κ1) is 17.0. The van der Waals surface area contributed by atoms with Gasteiger partial charge >= 0.3 is 0 Å². The van der Waals surface area contributed by atoms with Crippen LogP contribution in [0.2, 0.25) is 0 Å². The molecule has 0 aromatic heterocycles. The number of carbonyl (C=O) groups is 1. The molecule has 20 heavy (non-hydrogen) atoms. The average molecular weight is 298 g/mol. The molecule has 0 radical (unpaired) electrons. The fourth-order valence-electron chi connectivity index (χ4n) is 2.38. The van der Waals surface area contributed by atoms with Crippen LogP contribution in [-0.4, -0.2) is 43.0 Å². The first-order chi connectivity index (χ1) is 9.08. The van der Waals surface area contributed by atoms with Crippen LogP contribution in [0.3, 0.4) is 0 Å². The molecule has 1 amide bonds. The van der Waals surface area contributed by atoms with Crippen molar-refractivity contribution in [3.63, 3.8) is 0 Å². The second-order valence-corrected chi connectivity index (χ2v) is 5.32. The van der Waals surface area contributed by atoms with Crippen molar-refractivity contribution in [3.05, 3.63) is 29.3 Å². The van der Waals surface area contributed by atoms with Crippen molar-refractivity contribution < 1.29 is 4.79 Å². The Morgan fingerprint density at radius 3 is 2.90 bits per heavy atom. The van der Waals surface area contributed by atoms with Gasteiger partial charge in [0.15, 0.2) is 0 Å². The molecule has 1 saturated heterocycles. The molecule has 5 heteroatoms. The average Bonchev–Trinajstić information content (AvgIpc) is 2.38. The maximum absolute atomic E-state index is 12.1. The number of piperazine rings is 1. The fourth-order valence-corrected chi connectivity index (χ4v) is 2.38. The smallest absolute Gasteiger partial charge is 0.238 e. The second-order valence-electron chi connectivity index (χ2n) is 5.32. The standard InChI is InChI=1S/C15H23N3O.ClH/c1-11-5-4-6-14(13(11)3)17-15(19)10-18-8-7-16-9-12(18)2;/h4-6,12,16H,7-10H2,1-3H3,(H,17,19);1H/t12-;/m0./s1. The number of halogens is 1. The van der Waals surface area contributed by atoms with Gasteiger partial charge in [0.25, 0.3) is 0 Å². The normalized spacial score (nSPS) is 19.2. The Morgan fingerprint density at radius 1 is 1.45 bits per heavy atom. The van der Waals surface area contributed by atoms with Gasteiger partial charge in [0.05, 0.1) is 6.54 Å². The highest BCUT2D eigenvalue weighted by molar-refractivity contribution is 5.93. The molecule has 0 saturated carbocycles. The molecule has 0 aliphatic carbocycles. The third kappa shape index (κ3) is 4.20. The monoisotopic (exact) mass is 297 g/mol. The number of hydrogen-bond acceptors (Lipinski definition) is 3. The zero-order valence-corrected chi connectivity index (χ0v) is 13.2. The van der Waals surface area contributed by atoms with Crippen LogP contribution >= 0.6 is 12.4 Å². The summed E-state index contributed by atoms with van der Waals surface area (Å²) in [6.45, 7) is 9.56. The van der Waals surface area contributed by atoms with Gasteiger partial charge in [-0.15, -0.1) is 12.4 Å². The molecule has 0 unspecified atom stereocenters. The third-order valence-electron chi connectivity index (χ3n) is 3.86. The molecule has 0 bridgehead atoms. The molecule has 2 N–H and O–H groups in total. The maximum atomic E-state index is 12.1. The molecular formula is C15H24ClN3O. The fraction of sp³-hybridized carbons (Fsp3) is 0.533. The van der Waals surface area contributed by atoms with Gasteiger partial charge in [-0.1, -0.05) is 12.1 Å². The van der Waals surface area contributed by atoms with Crippen LogP contribution in [0.5, 0.6) is 0 Å². The topological polar surface area (TPSA) is 44.4 Å². The van der Waals surface area contributed by atoms with E-state index in [4.69, 9.17) is 0 Å². The molecular weight excluding hydrogens is 274 g/mol. The van der Waals surface area contributed by atoms with Gasteiger partial charge in [-0.2, -0.15) is 0 Å². The van der Waals surface area contributed by atoms with Crippen LogP contribution in [0.4, 0.5) is 5.69 Å². The number of anilines is 1. The van der Waals surface area contributed by atoms with Gasteiger partial charge in [0, 0.05) is 31.4 Å². The Hall–Kier alpha value is -1.10. The molecule has 1 fully saturated rings. The summed E-state index contributed by atoms with van der Waals surface area (Å²) in [5.74, 6) is 0.0717. The first-order valence-corrected chi connectivity index (χ1v) is 6.89. The highest BCUT2D eigenvalue weighted by atomic mass is 35.5. The second kappa shape index (κ2) is 7.62. The number of nitrogens with one attached hydrogen (secondary N) is 2. The van der Waals surface area contributed by atoms with Crippen molar-refractivity contribution in [1.29, 1.82) is 0 Å². The molecule has 112 valence electrons. The van der Waals surface area contributed by atoms with Crippen molar-refractivity contribution in [1.82, 2.24) is 10.2 Å². The quantitative estimate of drug-likeness (QED) is 0.896. The van der Waals surface area contributed by atoms with E-state index in [9.17, 15) is 4.79 Å². The van der Waals surface area contributed by atoms with Crippen molar-refractivity contribution in [2.75, 3.05) is 31.5 Å². The van der Waals surface area contributed by atoms with Gasteiger partial charge < -0.3 is 10.6 Å². The summed E-state index contributed by atoms with van der Waals surface area (Å²) in [6.07, 6.45) is 0. The minimum Gasteiger partial charge on any atom is -0.325 e. The maximum Gasteiger partial charge on any atom is 0.238 e. The molecule has 1 aromatic rings. The van der Waals surface area contributed by atoms with E-state index in [1.54, 1.807) is 0 Å². The van der Waals surface area contributed by atoms with Crippen molar-refractivity contribution in [3.8, 4) is 0 Å². The van der Waals surface area contributed by atoms with Gasteiger partial charge in [-0.3, -0.25) is 9.69 Å². The lowest BCUT2D eigenvalue weighted by molar-refractivity contribution is -0.118. The minimum absolute atomic E-state index is 0. The Kier molecular flexibility index (Phi) is 6.46. The summed E-state index contributed by atoms with van der Waals surface area (Å²) in [4.78, 5) is 14.3. The van der Waals surface area contributed by atoms with Crippen LogP contribution in [0.15, 0.2) is 18.2 Å². The number of nitrogens with zero attached hydrogens (tertiary/aromatic N) is 1. The molecule has 4 nitrogen and oxygen atoms in total. The van der Waals surface area contributed by atoms with Crippen molar-refractivity contribution in [2.24, 2.45) is 0 Å². The predicted molar refractivity (Wildman–Crippen MR) is 85.7 cm³/mol. The van der Waals surface area contributed by atoms with Gasteiger partial charge in [0.1, 0.15) is 0 Å². The SMILES string of the molecule is Cc1cccc(NC(=O)CN2CCNC[C@@H]2C)c1C.Cl. The largest absolute Gasteiger partial charge is 0.325 e. The molecule has 1 aromatic carbocycles. The van der Waals surface area contributed by atoms with E-state index in [0.717, 1.165) is 30.9 Å². The van der Waals surface area contributed by atoms with E-state index >= 15 is 0 Å². The van der Waals surface area contributed by atoms with E-state index in [2.05, 4.69) is 35.4 Å². The van der Waals surface area contributed by atoms with Crippen LogP contribution in [0, 0.1) is 13.8 Å². The number of carbonyl (C=O) groups excluding carboxylic acids is 1. The van der Waals surface area contributed by atoms with E-state index < -0.39 is 0 Å². The lowest BCUT2D eigenvalue weighted by Gasteiger charge is -2.33. The summed E-state index contributed by atoms with van der Waals surface area (Å²) in [5.41, 5.74) is 3.27. The van der Waals surface area contributed by atoms with Crippen LogP contribution in [-0.2, 0) is 4.79 Å². The summed E-state index contributed by atoms with van der Waals surface area (Å²) < 4.78 is 0. The molecule has 1 aliphatic rings. The number of rotatable bonds is 3. The summed E-state index contributed by atoms with van der Waals surface area (Å²) >= 11 is 0. The summed E-state index contributed by atoms with van der Waals surface area (Å²) in [7, 11) is 0. The lowest BCUT2D eigenvalue weighted by Crippen LogP contribution is -2.52. The van der Waals surface area contributed by atoms with E-state index in [1.807, 2.05) is 19.1 Å². The Bertz CT molecular complexity index is 464. The van der Waals surface area contributed by atoms with E-state index in [-0.39, 0.29) is 18.3 Å². The minimum atomic E-state index is 0. The molecule has 2 rings (SSSR count). The van der Waals surface area contributed by atoms with Crippen LogP contribution < -0.4 is 10.6 Å². The highest BCUT2D eigenvalue weighted by Gasteiger charge is 2.20. The number of aryl methyl sites for hydroxylation is 1. The molecule has 1 atom stereocenters. The molecule has 1 aliphatic heterocycles. The third-order valence-corrected chi connectivity index (χ3v) is 3.86. The number of amides is 1. The summed E-state index contributed by atoms with van der Waals surface area (Å²) in [5, 5.41) is 6.35. The van der Waals surface area contributed by atoms with E-state index in [0.29, 0.717) is 12.6 Å². The first-order valence-electron chi connectivity index (χ1n) is 6.89. The Balaban J connectivity index is 0.00000200. The highest BCUT2D eigenvalue weighted by Crippen LogP contribution is 2.18. The van der Waals surface area contributed by atoms with E-state index in [1.165, 1.54) is 5.56 Å².